The zero-order valence-electron chi connectivity index (χ0n) is 15.9. The Hall–Kier alpha value is -3.44. The summed E-state index contributed by atoms with van der Waals surface area (Å²) in [5.41, 5.74) is 8.62. The Balaban J connectivity index is 2.08. The average molecular weight is 401 g/mol. The quantitative estimate of drug-likeness (QED) is 0.377. The standard InChI is InChI=1S/C24H20N2O2S/c1-17(27)28-22-21(25)26-23(29-22)24(18-11-5-2-6-12-18,19-13-7-3-8-14-19)20-15-9-4-10-16-20/h2-16H,25H2,1H3. The van der Waals surface area contributed by atoms with Gasteiger partial charge in [-0.1, -0.05) is 102 Å². The van der Waals surface area contributed by atoms with E-state index in [2.05, 4.69) is 41.4 Å². The number of nitrogens with two attached hydrogens (primary N) is 1. The van der Waals surface area contributed by atoms with Crippen molar-refractivity contribution in [1.82, 2.24) is 4.98 Å². The maximum Gasteiger partial charge on any atom is 0.308 e. The van der Waals surface area contributed by atoms with Gasteiger partial charge in [-0.2, -0.15) is 0 Å². The second kappa shape index (κ2) is 7.89. The van der Waals surface area contributed by atoms with Gasteiger partial charge in [0.1, 0.15) is 5.01 Å². The highest BCUT2D eigenvalue weighted by Gasteiger charge is 2.41. The van der Waals surface area contributed by atoms with E-state index in [4.69, 9.17) is 10.5 Å². The first-order chi connectivity index (χ1) is 14.1. The zero-order valence-corrected chi connectivity index (χ0v) is 16.7. The summed E-state index contributed by atoms with van der Waals surface area (Å²) in [6, 6.07) is 30.6. The fraction of sp³-hybridized carbons (Fsp3) is 0.0833. The van der Waals surface area contributed by atoms with E-state index in [9.17, 15) is 4.79 Å². The Labute approximate surface area is 173 Å². The van der Waals surface area contributed by atoms with E-state index in [-0.39, 0.29) is 5.82 Å². The van der Waals surface area contributed by atoms with Crippen molar-refractivity contribution in [2.24, 2.45) is 0 Å². The van der Waals surface area contributed by atoms with E-state index >= 15 is 0 Å². The maximum absolute atomic E-state index is 11.5. The molecular formula is C24H20N2O2S. The van der Waals surface area contributed by atoms with Gasteiger partial charge in [-0.3, -0.25) is 4.79 Å². The van der Waals surface area contributed by atoms with Gasteiger partial charge in [0.05, 0.1) is 5.41 Å². The van der Waals surface area contributed by atoms with Crippen LogP contribution in [0.4, 0.5) is 5.82 Å². The van der Waals surface area contributed by atoms with Gasteiger partial charge in [0.25, 0.3) is 0 Å². The molecule has 0 fully saturated rings. The summed E-state index contributed by atoms with van der Waals surface area (Å²) in [5, 5.41) is 1.06. The number of ether oxygens (including phenoxy) is 1. The van der Waals surface area contributed by atoms with Crippen molar-refractivity contribution in [3.8, 4) is 5.06 Å². The first-order valence-corrected chi connectivity index (χ1v) is 10.1. The Morgan fingerprint density at radius 1 is 0.828 bits per heavy atom. The van der Waals surface area contributed by atoms with Crippen LogP contribution in [-0.4, -0.2) is 11.0 Å². The highest BCUT2D eigenvalue weighted by atomic mass is 32.1. The van der Waals surface area contributed by atoms with E-state index in [1.54, 1.807) is 0 Å². The molecule has 4 aromatic rings. The molecular weight excluding hydrogens is 380 g/mol. The average Bonchev–Trinajstić information content (AvgIpc) is 3.11. The van der Waals surface area contributed by atoms with E-state index in [1.165, 1.54) is 18.3 Å². The second-order valence-electron chi connectivity index (χ2n) is 6.63. The molecule has 0 atom stereocenters. The minimum atomic E-state index is -0.693. The number of hydrogen-bond acceptors (Lipinski definition) is 5. The van der Waals surface area contributed by atoms with Crippen LogP contribution in [-0.2, 0) is 10.2 Å². The normalized spacial score (nSPS) is 11.2. The number of carbonyl (C=O) groups is 1. The van der Waals surface area contributed by atoms with Crippen molar-refractivity contribution < 1.29 is 9.53 Å². The van der Waals surface area contributed by atoms with Crippen molar-refractivity contribution in [2.75, 3.05) is 5.73 Å². The summed E-state index contributed by atoms with van der Waals surface area (Å²) in [6.07, 6.45) is 0. The summed E-state index contributed by atoms with van der Waals surface area (Å²) in [4.78, 5) is 16.2. The lowest BCUT2D eigenvalue weighted by atomic mass is 9.70. The fourth-order valence-corrected chi connectivity index (χ4v) is 4.75. The molecule has 0 aliphatic heterocycles. The van der Waals surface area contributed by atoms with Crippen molar-refractivity contribution >= 4 is 23.1 Å². The molecule has 29 heavy (non-hydrogen) atoms. The first-order valence-electron chi connectivity index (χ1n) is 9.24. The van der Waals surface area contributed by atoms with Gasteiger partial charge in [-0.05, 0) is 16.7 Å². The number of thiazole rings is 1. The molecule has 3 aromatic carbocycles. The third-order valence-electron chi connectivity index (χ3n) is 4.80. The molecule has 0 bridgehead atoms. The smallest absolute Gasteiger partial charge is 0.308 e. The first kappa shape index (κ1) is 18.9. The molecule has 0 aliphatic carbocycles. The molecule has 0 saturated carbocycles. The number of hydrogen-bond donors (Lipinski definition) is 1. The van der Waals surface area contributed by atoms with E-state index in [0.717, 1.165) is 21.7 Å². The highest BCUT2D eigenvalue weighted by Crippen LogP contribution is 2.48. The van der Waals surface area contributed by atoms with E-state index in [1.807, 2.05) is 54.6 Å². The number of rotatable bonds is 5. The third-order valence-corrected chi connectivity index (χ3v) is 5.87. The SMILES string of the molecule is CC(=O)Oc1sc(C(c2ccccc2)(c2ccccc2)c2ccccc2)nc1N. The van der Waals surface area contributed by atoms with Gasteiger partial charge < -0.3 is 10.5 Å². The summed E-state index contributed by atoms with van der Waals surface area (Å²) < 4.78 is 5.32. The van der Waals surface area contributed by atoms with E-state index < -0.39 is 11.4 Å². The second-order valence-corrected chi connectivity index (χ2v) is 7.60. The molecule has 2 N–H and O–H groups in total. The Bertz CT molecular complexity index is 1010. The van der Waals surface area contributed by atoms with E-state index in [0.29, 0.717) is 5.06 Å². The molecule has 1 aromatic heterocycles. The molecule has 0 aliphatic rings. The van der Waals surface area contributed by atoms with Gasteiger partial charge in [0.2, 0.25) is 5.06 Å². The number of nitrogen functional groups attached to an aromatic ring is 1. The fourth-order valence-electron chi connectivity index (χ4n) is 3.62. The Morgan fingerprint density at radius 2 is 1.24 bits per heavy atom. The molecule has 0 amide bonds. The topological polar surface area (TPSA) is 65.2 Å². The van der Waals surface area contributed by atoms with Gasteiger partial charge in [0, 0.05) is 6.92 Å². The summed E-state index contributed by atoms with van der Waals surface area (Å²) in [5.74, 6) is -0.205. The lowest BCUT2D eigenvalue weighted by Crippen LogP contribution is -2.30. The zero-order chi connectivity index (χ0) is 20.3. The Kier molecular flexibility index (Phi) is 5.14. The van der Waals surface area contributed by atoms with Crippen LogP contribution in [0, 0.1) is 0 Å². The number of esters is 1. The van der Waals surface area contributed by atoms with Crippen LogP contribution in [0.1, 0.15) is 28.6 Å². The van der Waals surface area contributed by atoms with Crippen LogP contribution >= 0.6 is 11.3 Å². The predicted octanol–water partition coefficient (Wildman–Crippen LogP) is 5.03. The van der Waals surface area contributed by atoms with Crippen LogP contribution < -0.4 is 10.5 Å². The summed E-state index contributed by atoms with van der Waals surface area (Å²) >= 11 is 1.30. The molecule has 5 heteroatoms. The lowest BCUT2D eigenvalue weighted by Gasteiger charge is -2.34. The van der Waals surface area contributed by atoms with Crippen LogP contribution in [0.15, 0.2) is 91.0 Å². The lowest BCUT2D eigenvalue weighted by molar-refractivity contribution is -0.131. The monoisotopic (exact) mass is 400 g/mol. The largest absolute Gasteiger partial charge is 0.412 e. The highest BCUT2D eigenvalue weighted by molar-refractivity contribution is 7.14. The number of carbonyl (C=O) groups excluding carboxylic acids is 1. The van der Waals surface area contributed by atoms with Gasteiger partial charge >= 0.3 is 5.97 Å². The number of anilines is 1. The van der Waals surface area contributed by atoms with Crippen LogP contribution in [0.5, 0.6) is 5.06 Å². The molecule has 0 saturated heterocycles. The van der Waals surface area contributed by atoms with Gasteiger partial charge in [-0.15, -0.1) is 0 Å². The molecule has 4 nitrogen and oxygen atoms in total. The van der Waals surface area contributed by atoms with Crippen molar-refractivity contribution in [2.45, 2.75) is 12.3 Å². The van der Waals surface area contributed by atoms with Crippen molar-refractivity contribution in [3.05, 3.63) is 113 Å². The minimum absolute atomic E-state index is 0.215. The van der Waals surface area contributed by atoms with Crippen LogP contribution in [0.2, 0.25) is 0 Å². The number of aromatic nitrogens is 1. The molecule has 0 spiro atoms. The molecule has 1 heterocycles. The Morgan fingerprint density at radius 3 is 1.62 bits per heavy atom. The number of benzene rings is 3. The minimum Gasteiger partial charge on any atom is -0.412 e. The van der Waals surface area contributed by atoms with Gasteiger partial charge in [0.15, 0.2) is 5.82 Å². The molecule has 144 valence electrons. The van der Waals surface area contributed by atoms with Gasteiger partial charge in [-0.25, -0.2) is 4.98 Å². The number of nitrogens with zero attached hydrogens (tertiary/aromatic N) is 1. The van der Waals surface area contributed by atoms with Crippen molar-refractivity contribution in [1.29, 1.82) is 0 Å². The molecule has 0 radical (unpaired) electrons. The van der Waals surface area contributed by atoms with Crippen molar-refractivity contribution in [3.63, 3.8) is 0 Å². The summed E-state index contributed by atoms with van der Waals surface area (Å²) in [6.45, 7) is 1.36. The molecule has 4 rings (SSSR count). The third kappa shape index (κ3) is 3.41. The maximum atomic E-state index is 11.5. The molecule has 0 unspecified atom stereocenters. The predicted molar refractivity (Wildman–Crippen MR) is 116 cm³/mol. The van der Waals surface area contributed by atoms with Crippen LogP contribution in [0.3, 0.4) is 0 Å². The summed E-state index contributed by atoms with van der Waals surface area (Å²) in [7, 11) is 0. The van der Waals surface area contributed by atoms with Crippen LogP contribution in [0.25, 0.3) is 0 Å².